The van der Waals surface area contributed by atoms with Crippen molar-refractivity contribution in [2.45, 2.75) is 13.1 Å². The highest BCUT2D eigenvalue weighted by atomic mass is 19.4. The van der Waals surface area contributed by atoms with Gasteiger partial charge in [-0.15, -0.1) is 0 Å². The van der Waals surface area contributed by atoms with Gasteiger partial charge in [-0.05, 0) is 12.1 Å². The van der Waals surface area contributed by atoms with E-state index in [2.05, 4.69) is 0 Å². The number of halogens is 3. The molecule has 1 aromatic heterocycles. The molecule has 0 bridgehead atoms. The predicted octanol–water partition coefficient (Wildman–Crippen LogP) is 2.84. The molecule has 1 N–H and O–H groups in total. The lowest BCUT2D eigenvalue weighted by molar-refractivity contribution is -0.135. The van der Waals surface area contributed by atoms with Crippen LogP contribution in [0.5, 0.6) is 0 Å². The van der Waals surface area contributed by atoms with E-state index < -0.39 is 29.0 Å². The molecule has 0 saturated heterocycles. The van der Waals surface area contributed by atoms with Crippen molar-refractivity contribution in [1.29, 1.82) is 0 Å². The Kier molecular flexibility index (Phi) is 3.87. The number of carbonyl (C=O) groups is 1. The van der Waals surface area contributed by atoms with Crippen LogP contribution in [0.1, 0.15) is 12.5 Å². The van der Waals surface area contributed by atoms with Gasteiger partial charge in [-0.1, -0.05) is 0 Å². The van der Waals surface area contributed by atoms with Crippen molar-refractivity contribution in [2.75, 3.05) is 24.3 Å². The Balaban J connectivity index is 2.87. The van der Waals surface area contributed by atoms with E-state index in [1.807, 2.05) is 5.32 Å². The molecule has 5 nitrogen and oxygen atoms in total. The Hall–Kier alpha value is -2.51. The number of hydrogen-bond acceptors (Lipinski definition) is 4. The van der Waals surface area contributed by atoms with Gasteiger partial charge in [-0.3, -0.25) is 4.79 Å². The van der Waals surface area contributed by atoms with E-state index in [0.717, 1.165) is 6.92 Å². The van der Waals surface area contributed by atoms with Gasteiger partial charge in [0.2, 0.25) is 5.91 Å². The second-order valence-corrected chi connectivity index (χ2v) is 4.89. The van der Waals surface area contributed by atoms with Gasteiger partial charge in [-0.2, -0.15) is 13.2 Å². The molecule has 2 aromatic rings. The maximum Gasteiger partial charge on any atom is 0.419 e. The summed E-state index contributed by atoms with van der Waals surface area (Å²) >= 11 is 0. The normalized spacial score (nSPS) is 11.5. The molecule has 8 heteroatoms. The first-order valence-electron chi connectivity index (χ1n) is 6.24. The minimum absolute atomic E-state index is 0.197. The van der Waals surface area contributed by atoms with Crippen molar-refractivity contribution in [2.24, 2.45) is 0 Å². The van der Waals surface area contributed by atoms with Gasteiger partial charge in [0.05, 0.1) is 5.56 Å². The molecule has 0 aliphatic heterocycles. The van der Waals surface area contributed by atoms with Gasteiger partial charge in [0, 0.05) is 38.2 Å². The number of rotatable bonds is 2. The van der Waals surface area contributed by atoms with Crippen molar-refractivity contribution in [3.8, 4) is 0 Å². The summed E-state index contributed by atoms with van der Waals surface area (Å²) in [5.41, 5.74) is -2.97. The molecule has 0 spiro atoms. The summed E-state index contributed by atoms with van der Waals surface area (Å²) in [4.78, 5) is 24.5. The number of nitrogens with zero attached hydrogens (tertiary/aromatic N) is 1. The highest BCUT2D eigenvalue weighted by Crippen LogP contribution is 2.39. The molecule has 1 heterocycles. The monoisotopic (exact) mass is 314 g/mol. The maximum absolute atomic E-state index is 13.3. The molecule has 0 radical (unpaired) electrons. The second kappa shape index (κ2) is 5.36. The van der Waals surface area contributed by atoms with Gasteiger partial charge in [-0.25, -0.2) is 4.79 Å². The zero-order valence-electron chi connectivity index (χ0n) is 12.0. The molecule has 0 saturated carbocycles. The van der Waals surface area contributed by atoms with Crippen LogP contribution >= 0.6 is 0 Å². The lowest BCUT2D eigenvalue weighted by atomic mass is 10.1. The Bertz CT molecular complexity index is 794. The number of nitrogens with one attached hydrogen (secondary N) is 1. The summed E-state index contributed by atoms with van der Waals surface area (Å²) in [5, 5.41) is 1.61. The van der Waals surface area contributed by atoms with Crippen LogP contribution in [0.3, 0.4) is 0 Å². The molecule has 22 heavy (non-hydrogen) atoms. The van der Waals surface area contributed by atoms with Crippen LogP contribution in [0.2, 0.25) is 0 Å². The van der Waals surface area contributed by atoms with Crippen molar-refractivity contribution < 1.29 is 22.4 Å². The predicted molar refractivity (Wildman–Crippen MR) is 76.1 cm³/mol. The fourth-order valence-electron chi connectivity index (χ4n) is 2.05. The minimum Gasteiger partial charge on any atom is -0.421 e. The Morgan fingerprint density at radius 2 is 1.91 bits per heavy atom. The number of hydrogen-bond donors (Lipinski definition) is 1. The van der Waals surface area contributed by atoms with E-state index in [1.165, 1.54) is 18.2 Å². The molecule has 0 fully saturated rings. The first-order valence-corrected chi connectivity index (χ1v) is 6.24. The van der Waals surface area contributed by atoms with Crippen LogP contribution in [0.15, 0.2) is 27.4 Å². The van der Waals surface area contributed by atoms with E-state index in [4.69, 9.17) is 4.42 Å². The summed E-state index contributed by atoms with van der Waals surface area (Å²) in [6.07, 6.45) is -4.81. The van der Waals surface area contributed by atoms with E-state index in [0.29, 0.717) is 5.69 Å². The molecule has 2 rings (SSSR count). The fourth-order valence-corrected chi connectivity index (χ4v) is 2.05. The van der Waals surface area contributed by atoms with Crippen molar-refractivity contribution in [1.82, 2.24) is 0 Å². The smallest absolute Gasteiger partial charge is 0.419 e. The number of fused-ring (bicyclic) bond motifs is 1. The van der Waals surface area contributed by atoms with Crippen molar-refractivity contribution in [3.05, 3.63) is 34.2 Å². The van der Waals surface area contributed by atoms with E-state index in [1.54, 1.807) is 19.0 Å². The van der Waals surface area contributed by atoms with Crippen molar-refractivity contribution >= 4 is 28.3 Å². The third-order valence-electron chi connectivity index (χ3n) is 2.99. The summed E-state index contributed by atoms with van der Waals surface area (Å²) in [6, 6.07) is 4.01. The molecular formula is C14H13F3N2O3. The molecule has 1 aromatic carbocycles. The molecule has 0 atom stereocenters. The highest BCUT2D eigenvalue weighted by Gasteiger charge is 2.38. The first-order chi connectivity index (χ1) is 10.1. The SMILES string of the molecule is CC(=O)Nc1c(C(F)(F)F)c2ccc(N(C)C)cc2oc1=O. The summed E-state index contributed by atoms with van der Waals surface area (Å²) in [5.74, 6) is -0.790. The second-order valence-electron chi connectivity index (χ2n) is 4.89. The first kappa shape index (κ1) is 15.9. The van der Waals surface area contributed by atoms with Gasteiger partial charge in [0.1, 0.15) is 11.3 Å². The zero-order chi connectivity index (χ0) is 16.7. The van der Waals surface area contributed by atoms with Crippen molar-refractivity contribution in [3.63, 3.8) is 0 Å². The van der Waals surface area contributed by atoms with Crippen LogP contribution in [0, 0.1) is 0 Å². The number of carbonyl (C=O) groups excluding carboxylic acids is 1. The van der Waals surface area contributed by atoms with Gasteiger partial charge in [0.25, 0.3) is 0 Å². The number of benzene rings is 1. The molecule has 118 valence electrons. The van der Waals surface area contributed by atoms with Crippen LogP contribution in [0.4, 0.5) is 24.5 Å². The van der Waals surface area contributed by atoms with Crippen LogP contribution in [0.25, 0.3) is 11.0 Å². The molecular weight excluding hydrogens is 301 g/mol. The lowest BCUT2D eigenvalue weighted by Crippen LogP contribution is -2.21. The lowest BCUT2D eigenvalue weighted by Gasteiger charge is -2.16. The number of alkyl halides is 3. The average Bonchev–Trinajstić information content (AvgIpc) is 2.36. The summed E-state index contributed by atoms with van der Waals surface area (Å²) in [7, 11) is 3.41. The van der Waals surface area contributed by atoms with Crippen LogP contribution in [-0.2, 0) is 11.0 Å². The van der Waals surface area contributed by atoms with Gasteiger partial charge >= 0.3 is 11.8 Å². The van der Waals surface area contributed by atoms with Crippen LogP contribution < -0.4 is 15.8 Å². The fraction of sp³-hybridized carbons (Fsp3) is 0.286. The largest absolute Gasteiger partial charge is 0.421 e. The molecule has 0 aliphatic carbocycles. The minimum atomic E-state index is -4.81. The third kappa shape index (κ3) is 2.90. The summed E-state index contributed by atoms with van der Waals surface area (Å²) < 4.78 is 44.9. The number of amides is 1. The third-order valence-corrected chi connectivity index (χ3v) is 2.99. The standard InChI is InChI=1S/C14H13F3N2O3/c1-7(20)18-12-11(14(15,16)17)9-5-4-8(19(2)3)6-10(9)22-13(12)21/h4-6H,1-3H3,(H,18,20). The Labute approximate surface area is 123 Å². The number of anilines is 2. The van der Waals surface area contributed by atoms with Crippen LogP contribution in [-0.4, -0.2) is 20.0 Å². The van der Waals surface area contributed by atoms with E-state index >= 15 is 0 Å². The average molecular weight is 314 g/mol. The maximum atomic E-state index is 13.3. The van der Waals surface area contributed by atoms with Gasteiger partial charge in [0.15, 0.2) is 0 Å². The van der Waals surface area contributed by atoms with Gasteiger partial charge < -0.3 is 14.6 Å². The van der Waals surface area contributed by atoms with E-state index in [9.17, 15) is 22.8 Å². The zero-order valence-corrected chi connectivity index (χ0v) is 12.0. The Morgan fingerprint density at radius 3 is 2.41 bits per heavy atom. The molecule has 1 amide bonds. The molecule has 0 aliphatic rings. The Morgan fingerprint density at radius 1 is 1.27 bits per heavy atom. The molecule has 0 unspecified atom stereocenters. The van der Waals surface area contributed by atoms with E-state index in [-0.39, 0.29) is 11.0 Å². The highest BCUT2D eigenvalue weighted by molar-refractivity contribution is 5.94. The quantitative estimate of drug-likeness (QED) is 0.866. The summed E-state index contributed by atoms with van der Waals surface area (Å²) in [6.45, 7) is 1.01. The topological polar surface area (TPSA) is 62.6 Å².